The lowest BCUT2D eigenvalue weighted by Crippen LogP contribution is -2.45. The molecule has 0 radical (unpaired) electrons. The molecule has 0 N–H and O–H groups in total. The van der Waals surface area contributed by atoms with Gasteiger partial charge in [-0.25, -0.2) is 0 Å². The van der Waals surface area contributed by atoms with E-state index >= 15 is 0 Å². The van der Waals surface area contributed by atoms with Gasteiger partial charge in [0.15, 0.2) is 0 Å². The van der Waals surface area contributed by atoms with Gasteiger partial charge in [0.25, 0.3) is 0 Å². The summed E-state index contributed by atoms with van der Waals surface area (Å²) >= 11 is 1.66. The quantitative estimate of drug-likeness (QED) is 0.786. The third kappa shape index (κ3) is 4.00. The Balaban J connectivity index is 1.95. The lowest BCUT2D eigenvalue weighted by Gasteiger charge is -2.36. The molecule has 1 heterocycles. The van der Waals surface area contributed by atoms with Crippen LogP contribution in [0.25, 0.3) is 0 Å². The van der Waals surface area contributed by atoms with Gasteiger partial charge in [0, 0.05) is 18.0 Å². The van der Waals surface area contributed by atoms with Crippen LogP contribution in [0.3, 0.4) is 0 Å². The fourth-order valence-corrected chi connectivity index (χ4v) is 3.83. The van der Waals surface area contributed by atoms with Crippen molar-refractivity contribution in [2.45, 2.75) is 37.3 Å². The van der Waals surface area contributed by atoms with Crippen molar-refractivity contribution in [2.24, 2.45) is 11.8 Å². The number of benzene rings is 1. The van der Waals surface area contributed by atoms with Crippen LogP contribution < -0.4 is 0 Å². The maximum absolute atomic E-state index is 12.5. The average molecular weight is 277 g/mol. The van der Waals surface area contributed by atoms with Gasteiger partial charge in [-0.3, -0.25) is 4.79 Å². The third-order valence-electron chi connectivity index (χ3n) is 3.58. The molecule has 0 aromatic heterocycles. The highest BCUT2D eigenvalue weighted by Gasteiger charge is 2.28. The van der Waals surface area contributed by atoms with Gasteiger partial charge in [-0.1, -0.05) is 32.0 Å². The largest absolute Gasteiger partial charge is 0.341 e. The first-order valence-corrected chi connectivity index (χ1v) is 7.94. The minimum atomic E-state index is -0.0000926. The summed E-state index contributed by atoms with van der Waals surface area (Å²) in [6.45, 7) is 8.34. The molecular formula is C16H23NOS. The summed E-state index contributed by atoms with van der Waals surface area (Å²) in [5, 5.41) is -0.0000926. The van der Waals surface area contributed by atoms with Crippen molar-refractivity contribution in [1.82, 2.24) is 4.90 Å². The van der Waals surface area contributed by atoms with Gasteiger partial charge in [0.1, 0.15) is 0 Å². The van der Waals surface area contributed by atoms with Crippen molar-refractivity contribution in [2.75, 3.05) is 13.1 Å². The second-order valence-electron chi connectivity index (χ2n) is 5.76. The minimum absolute atomic E-state index is 0.0000926. The van der Waals surface area contributed by atoms with Crippen LogP contribution in [0.1, 0.15) is 27.2 Å². The summed E-state index contributed by atoms with van der Waals surface area (Å²) in [5.41, 5.74) is 0. The minimum Gasteiger partial charge on any atom is -0.341 e. The van der Waals surface area contributed by atoms with Crippen LogP contribution in [-0.4, -0.2) is 29.1 Å². The Morgan fingerprint density at radius 1 is 1.21 bits per heavy atom. The molecule has 3 atom stereocenters. The van der Waals surface area contributed by atoms with Crippen LogP contribution in [0.2, 0.25) is 0 Å². The molecular weight excluding hydrogens is 254 g/mol. The highest BCUT2D eigenvalue weighted by Crippen LogP contribution is 2.27. The second-order valence-corrected chi connectivity index (χ2v) is 7.18. The molecule has 1 saturated heterocycles. The molecule has 1 aromatic rings. The molecule has 1 aliphatic heterocycles. The second kappa shape index (κ2) is 6.47. The predicted molar refractivity (Wildman–Crippen MR) is 81.3 cm³/mol. The molecule has 3 heteroatoms. The number of hydrogen-bond acceptors (Lipinski definition) is 2. The Morgan fingerprint density at radius 2 is 1.79 bits per heavy atom. The van der Waals surface area contributed by atoms with E-state index in [4.69, 9.17) is 0 Å². The summed E-state index contributed by atoms with van der Waals surface area (Å²) in [4.78, 5) is 15.7. The van der Waals surface area contributed by atoms with Crippen molar-refractivity contribution in [3.63, 3.8) is 0 Å². The topological polar surface area (TPSA) is 20.3 Å². The van der Waals surface area contributed by atoms with E-state index in [1.807, 2.05) is 25.1 Å². The number of carbonyl (C=O) groups excluding carboxylic acids is 1. The molecule has 2 rings (SSSR count). The molecule has 0 saturated carbocycles. The van der Waals surface area contributed by atoms with Crippen molar-refractivity contribution in [1.29, 1.82) is 0 Å². The third-order valence-corrected chi connectivity index (χ3v) is 4.68. The Morgan fingerprint density at radius 3 is 2.37 bits per heavy atom. The SMILES string of the molecule is CC1CC(C)CN(C(=O)C(C)Sc2ccccc2)C1. The standard InChI is InChI=1S/C16H23NOS/c1-12-9-13(2)11-17(10-12)16(18)14(3)19-15-7-5-4-6-8-15/h4-8,12-14H,9-11H2,1-3H3. The molecule has 1 aromatic carbocycles. The molecule has 2 nitrogen and oxygen atoms in total. The van der Waals surface area contributed by atoms with Crippen molar-refractivity contribution < 1.29 is 4.79 Å². The fourth-order valence-electron chi connectivity index (χ4n) is 2.85. The summed E-state index contributed by atoms with van der Waals surface area (Å²) in [6, 6.07) is 10.2. The van der Waals surface area contributed by atoms with Gasteiger partial charge in [0.2, 0.25) is 5.91 Å². The van der Waals surface area contributed by atoms with Gasteiger partial charge in [0.05, 0.1) is 5.25 Å². The van der Waals surface area contributed by atoms with E-state index in [2.05, 4.69) is 30.9 Å². The zero-order valence-corrected chi connectivity index (χ0v) is 12.8. The molecule has 3 unspecified atom stereocenters. The first kappa shape index (κ1) is 14.4. The Labute approximate surface area is 120 Å². The molecule has 0 bridgehead atoms. The van der Waals surface area contributed by atoms with Gasteiger partial charge in [-0.2, -0.15) is 0 Å². The summed E-state index contributed by atoms with van der Waals surface area (Å²) < 4.78 is 0. The van der Waals surface area contributed by atoms with Crippen LogP contribution in [0.15, 0.2) is 35.2 Å². The highest BCUT2D eigenvalue weighted by molar-refractivity contribution is 8.00. The van der Waals surface area contributed by atoms with Crippen LogP contribution >= 0.6 is 11.8 Å². The zero-order chi connectivity index (χ0) is 13.8. The van der Waals surface area contributed by atoms with Gasteiger partial charge >= 0.3 is 0 Å². The molecule has 1 fully saturated rings. The van der Waals surface area contributed by atoms with Crippen LogP contribution in [0.5, 0.6) is 0 Å². The van der Waals surface area contributed by atoms with E-state index in [0.29, 0.717) is 11.8 Å². The number of thioether (sulfide) groups is 1. The van der Waals surface area contributed by atoms with E-state index < -0.39 is 0 Å². The number of piperidine rings is 1. The number of hydrogen-bond donors (Lipinski definition) is 0. The van der Waals surface area contributed by atoms with E-state index in [0.717, 1.165) is 13.1 Å². The van der Waals surface area contributed by atoms with Crippen LogP contribution in [0, 0.1) is 11.8 Å². The molecule has 0 spiro atoms. The Kier molecular flexibility index (Phi) is 4.92. The van der Waals surface area contributed by atoms with Crippen LogP contribution in [0.4, 0.5) is 0 Å². The molecule has 0 aliphatic carbocycles. The summed E-state index contributed by atoms with van der Waals surface area (Å²) in [6.07, 6.45) is 1.24. The van der Waals surface area contributed by atoms with Gasteiger partial charge < -0.3 is 4.90 Å². The molecule has 1 amide bonds. The number of carbonyl (C=O) groups is 1. The number of rotatable bonds is 3. The van der Waals surface area contributed by atoms with Crippen molar-refractivity contribution in [3.8, 4) is 0 Å². The highest BCUT2D eigenvalue weighted by atomic mass is 32.2. The van der Waals surface area contributed by atoms with E-state index in [1.165, 1.54) is 11.3 Å². The lowest BCUT2D eigenvalue weighted by atomic mass is 9.92. The monoisotopic (exact) mass is 277 g/mol. The maximum Gasteiger partial charge on any atom is 0.235 e. The molecule has 1 aliphatic rings. The first-order chi connectivity index (χ1) is 9.06. The van der Waals surface area contributed by atoms with E-state index in [-0.39, 0.29) is 11.2 Å². The average Bonchev–Trinajstić information content (AvgIpc) is 2.37. The Bertz CT molecular complexity index is 410. The normalized spacial score (nSPS) is 25.1. The number of nitrogens with zero attached hydrogens (tertiary/aromatic N) is 1. The maximum atomic E-state index is 12.5. The number of likely N-dealkylation sites (tertiary alicyclic amines) is 1. The zero-order valence-electron chi connectivity index (χ0n) is 12.0. The van der Waals surface area contributed by atoms with Gasteiger partial charge in [-0.15, -0.1) is 11.8 Å². The lowest BCUT2D eigenvalue weighted by molar-refractivity contribution is -0.132. The van der Waals surface area contributed by atoms with Crippen molar-refractivity contribution >= 4 is 17.7 Å². The molecule has 19 heavy (non-hydrogen) atoms. The number of amides is 1. The summed E-state index contributed by atoms with van der Waals surface area (Å²) in [7, 11) is 0. The summed E-state index contributed by atoms with van der Waals surface area (Å²) in [5.74, 6) is 1.54. The Hall–Kier alpha value is -0.960. The smallest absolute Gasteiger partial charge is 0.235 e. The van der Waals surface area contributed by atoms with Gasteiger partial charge in [-0.05, 0) is 37.3 Å². The van der Waals surface area contributed by atoms with Crippen molar-refractivity contribution in [3.05, 3.63) is 30.3 Å². The first-order valence-electron chi connectivity index (χ1n) is 7.06. The molecule has 104 valence electrons. The van der Waals surface area contributed by atoms with E-state index in [9.17, 15) is 4.79 Å². The van der Waals surface area contributed by atoms with Crippen LogP contribution in [-0.2, 0) is 4.79 Å². The fraction of sp³-hybridized carbons (Fsp3) is 0.562. The van der Waals surface area contributed by atoms with E-state index in [1.54, 1.807) is 11.8 Å². The predicted octanol–water partition coefficient (Wildman–Crippen LogP) is 3.67.